The number of hydrogen-bond acceptors (Lipinski definition) is 1. The average Bonchev–Trinajstić information content (AvgIpc) is 2.05. The summed E-state index contributed by atoms with van der Waals surface area (Å²) < 4.78 is 24.3. The molecule has 0 aliphatic heterocycles. The molecule has 0 N–H and O–H groups in total. The Kier molecular flexibility index (Phi) is 2.98. The molecule has 0 saturated heterocycles. The van der Waals surface area contributed by atoms with Gasteiger partial charge in [-0.2, -0.15) is 0 Å². The molecule has 0 aliphatic carbocycles. The summed E-state index contributed by atoms with van der Waals surface area (Å²) in [5.41, 5.74) is 1.29. The minimum atomic E-state index is -2.47. The van der Waals surface area contributed by atoms with E-state index in [1.165, 1.54) is 12.3 Å². The van der Waals surface area contributed by atoms with Crippen molar-refractivity contribution in [1.82, 2.24) is 4.98 Å². The molecule has 0 radical (unpaired) electrons. The van der Waals surface area contributed by atoms with E-state index in [-0.39, 0.29) is 11.4 Å². The van der Waals surface area contributed by atoms with Crippen LogP contribution in [0.2, 0.25) is 0 Å². The third kappa shape index (κ3) is 1.91. The Balaban J connectivity index is 3.05. The van der Waals surface area contributed by atoms with Crippen molar-refractivity contribution in [1.29, 1.82) is 0 Å². The highest BCUT2D eigenvalue weighted by Crippen LogP contribution is 2.20. The summed E-state index contributed by atoms with van der Waals surface area (Å²) in [5, 5.41) is 0. The van der Waals surface area contributed by atoms with Crippen LogP contribution in [-0.4, -0.2) is 4.98 Å². The molecule has 1 aromatic heterocycles. The first-order valence-electron chi connectivity index (χ1n) is 3.44. The number of aromatic nitrogens is 1. The Hall–Kier alpha value is -0.700. The quantitative estimate of drug-likeness (QED) is 0.655. The predicted octanol–water partition coefficient (Wildman–Crippen LogP) is 3.07. The molecule has 4 heteroatoms. The van der Waals surface area contributed by atoms with Gasteiger partial charge < -0.3 is 0 Å². The number of alkyl halides is 3. The fourth-order valence-corrected chi connectivity index (χ4v) is 1.12. The van der Waals surface area contributed by atoms with Crippen molar-refractivity contribution in [2.45, 2.75) is 19.2 Å². The van der Waals surface area contributed by atoms with Crippen LogP contribution in [0.15, 0.2) is 12.3 Å². The second-order valence-corrected chi connectivity index (χ2v) is 2.71. The summed E-state index contributed by atoms with van der Waals surface area (Å²) in [7, 11) is 0. The third-order valence-electron chi connectivity index (χ3n) is 1.61. The second-order valence-electron chi connectivity index (χ2n) is 2.45. The molecule has 1 heterocycles. The van der Waals surface area contributed by atoms with Crippen molar-refractivity contribution in [2.75, 3.05) is 0 Å². The Morgan fingerprint density at radius 1 is 1.58 bits per heavy atom. The molecular formula is C8H8ClF2N. The molecule has 0 aromatic carbocycles. The molecule has 1 rings (SSSR count). The van der Waals surface area contributed by atoms with Crippen molar-refractivity contribution in [3.8, 4) is 0 Å². The molecule has 0 amide bonds. The SMILES string of the molecule is Cc1ncc(C(F)F)cc1CCl. The molecule has 0 unspecified atom stereocenters. The Morgan fingerprint density at radius 3 is 2.75 bits per heavy atom. The maximum absolute atomic E-state index is 12.1. The minimum Gasteiger partial charge on any atom is -0.261 e. The normalized spacial score (nSPS) is 10.8. The van der Waals surface area contributed by atoms with Crippen LogP contribution in [-0.2, 0) is 5.88 Å². The van der Waals surface area contributed by atoms with Crippen LogP contribution in [0, 0.1) is 6.92 Å². The number of rotatable bonds is 2. The van der Waals surface area contributed by atoms with Crippen molar-refractivity contribution in [2.24, 2.45) is 0 Å². The molecule has 66 valence electrons. The molecule has 0 atom stereocenters. The topological polar surface area (TPSA) is 12.9 Å². The molecule has 1 nitrogen and oxygen atoms in total. The molecule has 0 fully saturated rings. The predicted molar refractivity (Wildman–Crippen MR) is 43.5 cm³/mol. The van der Waals surface area contributed by atoms with E-state index in [4.69, 9.17) is 11.6 Å². The summed E-state index contributed by atoms with van der Waals surface area (Å²) in [4.78, 5) is 3.81. The van der Waals surface area contributed by atoms with E-state index in [2.05, 4.69) is 4.98 Å². The number of pyridine rings is 1. The first-order chi connectivity index (χ1) is 5.65. The Bertz CT molecular complexity index is 276. The molecular weight excluding hydrogens is 184 g/mol. The second kappa shape index (κ2) is 3.81. The van der Waals surface area contributed by atoms with Gasteiger partial charge in [0.15, 0.2) is 0 Å². The van der Waals surface area contributed by atoms with E-state index >= 15 is 0 Å². The van der Waals surface area contributed by atoms with Crippen LogP contribution in [0.1, 0.15) is 23.2 Å². The van der Waals surface area contributed by atoms with Crippen LogP contribution in [0.4, 0.5) is 8.78 Å². The van der Waals surface area contributed by atoms with Gasteiger partial charge in [-0.15, -0.1) is 11.6 Å². The summed E-state index contributed by atoms with van der Waals surface area (Å²) in [5.74, 6) is 0.222. The first-order valence-corrected chi connectivity index (χ1v) is 3.98. The van der Waals surface area contributed by atoms with Gasteiger partial charge in [0.05, 0.1) is 0 Å². The van der Waals surface area contributed by atoms with Crippen LogP contribution >= 0.6 is 11.6 Å². The standard InChI is InChI=1S/C8H8ClF2N/c1-5-6(3-9)2-7(4-12-5)8(10)11/h2,4,8H,3H2,1H3. The average molecular weight is 192 g/mol. The fraction of sp³-hybridized carbons (Fsp3) is 0.375. The van der Waals surface area contributed by atoms with E-state index in [0.29, 0.717) is 11.3 Å². The Labute approximate surface area is 74.4 Å². The molecule has 1 aromatic rings. The lowest BCUT2D eigenvalue weighted by atomic mass is 10.2. The van der Waals surface area contributed by atoms with Crippen molar-refractivity contribution in [3.05, 3.63) is 29.1 Å². The first kappa shape index (κ1) is 9.39. The van der Waals surface area contributed by atoms with Crippen molar-refractivity contribution < 1.29 is 8.78 Å². The van der Waals surface area contributed by atoms with E-state index in [1.54, 1.807) is 6.92 Å². The lowest BCUT2D eigenvalue weighted by Crippen LogP contribution is -1.93. The smallest absolute Gasteiger partial charge is 0.261 e. The number of nitrogens with zero attached hydrogens (tertiary/aromatic N) is 1. The van der Waals surface area contributed by atoms with Crippen LogP contribution in [0.5, 0.6) is 0 Å². The largest absolute Gasteiger partial charge is 0.265 e. The lowest BCUT2D eigenvalue weighted by Gasteiger charge is -2.03. The highest BCUT2D eigenvalue weighted by molar-refractivity contribution is 6.17. The van der Waals surface area contributed by atoms with Gasteiger partial charge in [0, 0.05) is 23.3 Å². The van der Waals surface area contributed by atoms with Gasteiger partial charge in [0.25, 0.3) is 6.43 Å². The van der Waals surface area contributed by atoms with Gasteiger partial charge in [0.1, 0.15) is 0 Å². The maximum atomic E-state index is 12.1. The number of aryl methyl sites for hydroxylation is 1. The van der Waals surface area contributed by atoms with Crippen molar-refractivity contribution >= 4 is 11.6 Å². The summed E-state index contributed by atoms with van der Waals surface area (Å²) >= 11 is 5.52. The zero-order valence-electron chi connectivity index (χ0n) is 6.52. The van der Waals surface area contributed by atoms with Crippen LogP contribution in [0.3, 0.4) is 0 Å². The highest BCUT2D eigenvalue weighted by Gasteiger charge is 2.09. The minimum absolute atomic E-state index is 0.0729. The molecule has 0 aliphatic rings. The summed E-state index contributed by atoms with van der Waals surface area (Å²) in [6.07, 6.45) is -1.30. The monoisotopic (exact) mass is 191 g/mol. The lowest BCUT2D eigenvalue weighted by molar-refractivity contribution is 0.151. The number of halogens is 3. The zero-order valence-corrected chi connectivity index (χ0v) is 7.28. The zero-order chi connectivity index (χ0) is 9.14. The van der Waals surface area contributed by atoms with Crippen LogP contribution in [0.25, 0.3) is 0 Å². The van der Waals surface area contributed by atoms with Gasteiger partial charge in [0.2, 0.25) is 0 Å². The molecule has 12 heavy (non-hydrogen) atoms. The van der Waals surface area contributed by atoms with Gasteiger partial charge in [-0.05, 0) is 18.6 Å². The molecule has 0 bridgehead atoms. The summed E-state index contributed by atoms with van der Waals surface area (Å²) in [6.45, 7) is 1.74. The molecule has 0 spiro atoms. The number of hydrogen-bond donors (Lipinski definition) is 0. The fourth-order valence-electron chi connectivity index (χ4n) is 0.852. The highest BCUT2D eigenvalue weighted by atomic mass is 35.5. The molecule has 0 saturated carbocycles. The van der Waals surface area contributed by atoms with Crippen LogP contribution < -0.4 is 0 Å². The summed E-state index contributed by atoms with van der Waals surface area (Å²) in [6, 6.07) is 1.39. The van der Waals surface area contributed by atoms with Gasteiger partial charge in [-0.3, -0.25) is 4.98 Å². The van der Waals surface area contributed by atoms with Crippen molar-refractivity contribution in [3.63, 3.8) is 0 Å². The van der Waals surface area contributed by atoms with Gasteiger partial charge >= 0.3 is 0 Å². The van der Waals surface area contributed by atoms with E-state index in [0.717, 1.165) is 0 Å². The van der Waals surface area contributed by atoms with Gasteiger partial charge in [-0.25, -0.2) is 8.78 Å². The Morgan fingerprint density at radius 2 is 2.25 bits per heavy atom. The maximum Gasteiger partial charge on any atom is 0.265 e. The van der Waals surface area contributed by atoms with E-state index < -0.39 is 6.43 Å². The third-order valence-corrected chi connectivity index (χ3v) is 1.90. The van der Waals surface area contributed by atoms with E-state index in [1.807, 2.05) is 0 Å². The van der Waals surface area contributed by atoms with Gasteiger partial charge in [-0.1, -0.05) is 0 Å². The van der Waals surface area contributed by atoms with E-state index in [9.17, 15) is 8.78 Å².